The quantitative estimate of drug-likeness (QED) is 0.425. The molecule has 20 heavy (non-hydrogen) atoms. The van der Waals surface area contributed by atoms with E-state index in [0.29, 0.717) is 0 Å². The summed E-state index contributed by atoms with van der Waals surface area (Å²) in [6.07, 6.45) is 0. The van der Waals surface area contributed by atoms with Crippen LogP contribution in [0.3, 0.4) is 0 Å². The summed E-state index contributed by atoms with van der Waals surface area (Å²) in [4.78, 5) is 0. The summed E-state index contributed by atoms with van der Waals surface area (Å²) in [6.45, 7) is 0. The molecule has 0 fully saturated rings. The zero-order valence-electron chi connectivity index (χ0n) is 10.6. The molecule has 0 bridgehead atoms. The van der Waals surface area contributed by atoms with Crippen molar-refractivity contribution in [1.29, 1.82) is 0 Å². The summed E-state index contributed by atoms with van der Waals surface area (Å²) in [7, 11) is 0. The molecule has 3 rings (SSSR count). The van der Waals surface area contributed by atoms with Crippen LogP contribution in [0.2, 0.25) is 5.02 Å². The number of benzene rings is 2. The zero-order valence-corrected chi connectivity index (χ0v) is 13.7. The molecular formula is C18H11ClTe. The van der Waals surface area contributed by atoms with Gasteiger partial charge in [-0.1, -0.05) is 0 Å². The van der Waals surface area contributed by atoms with E-state index < -0.39 is 0 Å². The van der Waals surface area contributed by atoms with Gasteiger partial charge in [-0.05, 0) is 0 Å². The van der Waals surface area contributed by atoms with Crippen LogP contribution in [0.15, 0.2) is 66.7 Å². The molecule has 0 aliphatic carbocycles. The Morgan fingerprint density at radius 2 is 1.50 bits per heavy atom. The fraction of sp³-hybridized carbons (Fsp3) is 0. The summed E-state index contributed by atoms with van der Waals surface area (Å²) in [6, 6.07) is 22.6. The molecule has 0 aliphatic rings. The normalized spacial score (nSPS) is 9.85. The van der Waals surface area contributed by atoms with Gasteiger partial charge in [0, 0.05) is 0 Å². The van der Waals surface area contributed by atoms with Gasteiger partial charge in [0.15, 0.2) is 0 Å². The Morgan fingerprint density at radius 3 is 2.25 bits per heavy atom. The molecule has 2 heteroatoms. The second-order valence-corrected chi connectivity index (χ2v) is 7.82. The van der Waals surface area contributed by atoms with Crippen LogP contribution in [0.1, 0.15) is 9.14 Å². The Kier molecular flexibility index (Phi) is 4.29. The van der Waals surface area contributed by atoms with E-state index in [-0.39, 0.29) is 20.4 Å². The van der Waals surface area contributed by atoms with Crippen LogP contribution in [-0.2, 0) is 0 Å². The molecule has 0 spiro atoms. The standard InChI is InChI=1S/C18H11ClTe/c19-16-9-6-14(7-10-16)8-11-17-12-13-18(20-17)15-4-2-1-3-5-15/h1-7,9-10,12-13H. The van der Waals surface area contributed by atoms with Crippen LogP contribution in [0, 0.1) is 11.8 Å². The molecule has 0 radical (unpaired) electrons. The van der Waals surface area contributed by atoms with Crippen LogP contribution in [-0.4, -0.2) is 20.4 Å². The fourth-order valence-corrected chi connectivity index (χ4v) is 4.42. The summed E-state index contributed by atoms with van der Waals surface area (Å²) in [5.41, 5.74) is 2.34. The Hall–Kier alpha value is -1.44. The van der Waals surface area contributed by atoms with Crippen LogP contribution >= 0.6 is 11.6 Å². The van der Waals surface area contributed by atoms with Crippen molar-refractivity contribution in [2.24, 2.45) is 0 Å². The first-order chi connectivity index (χ1) is 9.81. The molecule has 0 aliphatic heterocycles. The zero-order chi connectivity index (χ0) is 13.8. The molecule has 0 nitrogen and oxygen atoms in total. The van der Waals surface area contributed by atoms with Gasteiger partial charge >= 0.3 is 134 Å². The molecule has 0 unspecified atom stereocenters. The minimum absolute atomic E-state index is 0.343. The number of hydrogen-bond donors (Lipinski definition) is 0. The second kappa shape index (κ2) is 6.34. The second-order valence-electron chi connectivity index (χ2n) is 4.29. The maximum absolute atomic E-state index is 5.86. The Morgan fingerprint density at radius 1 is 0.750 bits per heavy atom. The molecule has 0 amide bonds. The van der Waals surface area contributed by atoms with Gasteiger partial charge in [-0.2, -0.15) is 0 Å². The maximum atomic E-state index is 5.86. The summed E-state index contributed by atoms with van der Waals surface area (Å²) >= 11 is 5.52. The van der Waals surface area contributed by atoms with E-state index in [4.69, 9.17) is 11.6 Å². The van der Waals surface area contributed by atoms with E-state index in [1.54, 1.807) is 0 Å². The minimum atomic E-state index is -0.343. The van der Waals surface area contributed by atoms with Gasteiger partial charge in [0.2, 0.25) is 0 Å². The number of rotatable bonds is 1. The van der Waals surface area contributed by atoms with E-state index in [2.05, 4.69) is 48.2 Å². The monoisotopic (exact) mass is 392 g/mol. The average Bonchev–Trinajstić information content (AvgIpc) is 2.97. The van der Waals surface area contributed by atoms with Crippen molar-refractivity contribution < 1.29 is 0 Å². The summed E-state index contributed by atoms with van der Waals surface area (Å²) in [5.74, 6) is 6.50. The summed E-state index contributed by atoms with van der Waals surface area (Å²) < 4.78 is 2.74. The Labute approximate surface area is 133 Å². The third-order valence-corrected chi connectivity index (χ3v) is 6.09. The molecule has 2 aromatic carbocycles. The fourth-order valence-electron chi connectivity index (χ4n) is 1.83. The van der Waals surface area contributed by atoms with E-state index in [1.165, 1.54) is 12.7 Å². The third kappa shape index (κ3) is 3.36. The van der Waals surface area contributed by atoms with E-state index >= 15 is 0 Å². The van der Waals surface area contributed by atoms with Crippen molar-refractivity contribution in [3.8, 4) is 21.0 Å². The van der Waals surface area contributed by atoms with Gasteiger partial charge in [-0.15, -0.1) is 0 Å². The van der Waals surface area contributed by atoms with Crippen LogP contribution in [0.5, 0.6) is 0 Å². The molecule has 0 atom stereocenters. The first kappa shape index (κ1) is 13.5. The Bertz CT molecular complexity index is 758. The van der Waals surface area contributed by atoms with Crippen molar-refractivity contribution >= 4 is 32.0 Å². The topological polar surface area (TPSA) is 0 Å². The van der Waals surface area contributed by atoms with Gasteiger partial charge in [-0.25, -0.2) is 0 Å². The van der Waals surface area contributed by atoms with E-state index in [1.807, 2.05) is 30.3 Å². The average molecular weight is 390 g/mol. The molecule has 0 N–H and O–H groups in total. The molecule has 1 heterocycles. The van der Waals surface area contributed by atoms with Gasteiger partial charge in [-0.3, -0.25) is 0 Å². The van der Waals surface area contributed by atoms with Gasteiger partial charge in [0.25, 0.3) is 0 Å². The third-order valence-electron chi connectivity index (χ3n) is 2.84. The van der Waals surface area contributed by atoms with Crippen LogP contribution in [0.25, 0.3) is 9.14 Å². The number of halogens is 1. The van der Waals surface area contributed by atoms with Crippen molar-refractivity contribution in [2.45, 2.75) is 0 Å². The first-order valence-electron chi connectivity index (χ1n) is 6.24. The van der Waals surface area contributed by atoms with Crippen molar-refractivity contribution in [3.05, 3.63) is 80.9 Å². The predicted molar refractivity (Wildman–Crippen MR) is 86.3 cm³/mol. The Balaban J connectivity index is 1.83. The van der Waals surface area contributed by atoms with Gasteiger partial charge in [0.05, 0.1) is 0 Å². The molecule has 1 aromatic heterocycles. The molecule has 3 aromatic rings. The first-order valence-corrected chi connectivity index (χ1v) is 8.95. The SMILES string of the molecule is Clc1ccc(C#Cc2ccc(-c3ccccc3)[te]2)cc1. The van der Waals surface area contributed by atoms with Crippen molar-refractivity contribution in [1.82, 2.24) is 0 Å². The molecular weight excluding hydrogens is 379 g/mol. The molecule has 96 valence electrons. The molecule has 0 saturated carbocycles. The van der Waals surface area contributed by atoms with Gasteiger partial charge in [0.1, 0.15) is 0 Å². The van der Waals surface area contributed by atoms with E-state index in [9.17, 15) is 0 Å². The van der Waals surface area contributed by atoms with Crippen LogP contribution in [0.4, 0.5) is 0 Å². The van der Waals surface area contributed by atoms with Gasteiger partial charge < -0.3 is 0 Å². The van der Waals surface area contributed by atoms with Crippen molar-refractivity contribution in [3.63, 3.8) is 0 Å². The summed E-state index contributed by atoms with van der Waals surface area (Å²) in [5, 5.41) is 0.748. The predicted octanol–water partition coefficient (Wildman–Crippen LogP) is 4.46. The van der Waals surface area contributed by atoms with Crippen LogP contribution < -0.4 is 0 Å². The molecule has 0 saturated heterocycles. The van der Waals surface area contributed by atoms with E-state index in [0.717, 1.165) is 10.6 Å². The van der Waals surface area contributed by atoms with Crippen molar-refractivity contribution in [2.75, 3.05) is 0 Å². The number of hydrogen-bond acceptors (Lipinski definition) is 0.